The quantitative estimate of drug-likeness (QED) is 0.830. The Morgan fingerprint density at radius 1 is 1.50 bits per heavy atom. The average molecular weight is 349 g/mol. The van der Waals surface area contributed by atoms with Crippen molar-refractivity contribution in [3.63, 3.8) is 0 Å². The van der Waals surface area contributed by atoms with Crippen LogP contribution in [0.2, 0.25) is 0 Å². The molecule has 1 aliphatic rings. The SMILES string of the molecule is CCCNC1C(=O)Nc2cc(OCC(F)F)c(Br)cc21. The van der Waals surface area contributed by atoms with Crippen molar-refractivity contribution in [3.05, 3.63) is 22.2 Å². The second-order valence-corrected chi connectivity index (χ2v) is 5.30. The summed E-state index contributed by atoms with van der Waals surface area (Å²) in [5.41, 5.74) is 1.38. The summed E-state index contributed by atoms with van der Waals surface area (Å²) in [6, 6.07) is 2.87. The molecule has 1 unspecified atom stereocenters. The van der Waals surface area contributed by atoms with Crippen LogP contribution >= 0.6 is 15.9 Å². The lowest BCUT2D eigenvalue weighted by atomic mass is 10.1. The molecule has 2 rings (SSSR count). The first kappa shape index (κ1) is 15.2. The van der Waals surface area contributed by atoms with Gasteiger partial charge in [0.2, 0.25) is 5.91 Å². The summed E-state index contributed by atoms with van der Waals surface area (Å²) in [5, 5.41) is 5.86. The van der Waals surface area contributed by atoms with Gasteiger partial charge in [-0.1, -0.05) is 6.92 Å². The molecule has 1 amide bonds. The predicted octanol–water partition coefficient (Wildman–Crippen LogP) is 3.09. The van der Waals surface area contributed by atoms with Crippen molar-refractivity contribution in [3.8, 4) is 5.75 Å². The summed E-state index contributed by atoms with van der Waals surface area (Å²) in [4.78, 5) is 11.9. The molecule has 0 saturated heterocycles. The van der Waals surface area contributed by atoms with Gasteiger partial charge in [-0.2, -0.15) is 0 Å². The molecule has 0 spiro atoms. The van der Waals surface area contributed by atoms with Gasteiger partial charge in [0.15, 0.2) is 0 Å². The van der Waals surface area contributed by atoms with Crippen molar-refractivity contribution in [2.75, 3.05) is 18.5 Å². The summed E-state index contributed by atoms with van der Waals surface area (Å²) < 4.78 is 29.9. The number of nitrogens with one attached hydrogen (secondary N) is 2. The summed E-state index contributed by atoms with van der Waals surface area (Å²) in [6.45, 7) is 2.06. The molecule has 7 heteroatoms. The van der Waals surface area contributed by atoms with Crippen molar-refractivity contribution in [1.29, 1.82) is 0 Å². The van der Waals surface area contributed by atoms with Gasteiger partial charge in [0.05, 0.1) is 4.47 Å². The number of ether oxygens (including phenoxy) is 1. The monoisotopic (exact) mass is 348 g/mol. The van der Waals surface area contributed by atoms with E-state index < -0.39 is 19.1 Å². The topological polar surface area (TPSA) is 50.4 Å². The highest BCUT2D eigenvalue weighted by atomic mass is 79.9. The van der Waals surface area contributed by atoms with Crippen molar-refractivity contribution >= 4 is 27.5 Å². The summed E-state index contributed by atoms with van der Waals surface area (Å²) in [6.07, 6.45) is -1.63. The van der Waals surface area contributed by atoms with Gasteiger partial charge < -0.3 is 15.4 Å². The Kier molecular flexibility index (Phi) is 4.93. The highest BCUT2D eigenvalue weighted by Crippen LogP contribution is 2.38. The molecule has 1 aromatic carbocycles. The van der Waals surface area contributed by atoms with Crippen molar-refractivity contribution in [2.24, 2.45) is 0 Å². The first-order valence-electron chi connectivity index (χ1n) is 6.31. The Hall–Kier alpha value is -1.21. The van der Waals surface area contributed by atoms with E-state index in [4.69, 9.17) is 4.74 Å². The number of halogens is 3. The fraction of sp³-hybridized carbons (Fsp3) is 0.462. The molecule has 0 bridgehead atoms. The van der Waals surface area contributed by atoms with Crippen LogP contribution in [0.15, 0.2) is 16.6 Å². The van der Waals surface area contributed by atoms with Crippen LogP contribution in [0.1, 0.15) is 24.9 Å². The molecule has 1 aliphatic heterocycles. The van der Waals surface area contributed by atoms with Crippen LogP contribution in [0.5, 0.6) is 5.75 Å². The maximum Gasteiger partial charge on any atom is 0.272 e. The van der Waals surface area contributed by atoms with Gasteiger partial charge in [-0.25, -0.2) is 8.78 Å². The Morgan fingerprint density at radius 2 is 2.25 bits per heavy atom. The minimum absolute atomic E-state index is 0.147. The van der Waals surface area contributed by atoms with Crippen LogP contribution in [0, 0.1) is 0 Å². The number of benzene rings is 1. The summed E-state index contributed by atoms with van der Waals surface area (Å²) in [5.74, 6) is 0.145. The Balaban J connectivity index is 2.21. The lowest BCUT2D eigenvalue weighted by Crippen LogP contribution is -2.28. The Morgan fingerprint density at radius 3 is 2.90 bits per heavy atom. The maximum absolute atomic E-state index is 12.2. The molecular formula is C13H15BrF2N2O2. The zero-order valence-electron chi connectivity index (χ0n) is 10.9. The Labute approximate surface area is 124 Å². The van der Waals surface area contributed by atoms with Crippen LogP contribution in [-0.4, -0.2) is 25.5 Å². The molecule has 2 N–H and O–H groups in total. The second-order valence-electron chi connectivity index (χ2n) is 4.45. The van der Waals surface area contributed by atoms with Gasteiger partial charge in [-0.05, 0) is 35.0 Å². The zero-order valence-corrected chi connectivity index (χ0v) is 12.5. The van der Waals surface area contributed by atoms with E-state index in [1.807, 2.05) is 6.92 Å². The van der Waals surface area contributed by atoms with Gasteiger partial charge in [0, 0.05) is 17.3 Å². The number of carbonyl (C=O) groups excluding carboxylic acids is 1. The molecular weight excluding hydrogens is 334 g/mol. The summed E-state index contributed by atoms with van der Waals surface area (Å²) in [7, 11) is 0. The third-order valence-electron chi connectivity index (χ3n) is 2.90. The lowest BCUT2D eigenvalue weighted by Gasteiger charge is -2.12. The van der Waals surface area contributed by atoms with E-state index in [9.17, 15) is 13.6 Å². The molecule has 20 heavy (non-hydrogen) atoms. The largest absolute Gasteiger partial charge is 0.486 e. The van der Waals surface area contributed by atoms with Crippen molar-refractivity contribution < 1.29 is 18.3 Å². The van der Waals surface area contributed by atoms with E-state index in [0.29, 0.717) is 15.9 Å². The minimum atomic E-state index is -2.54. The van der Waals surface area contributed by atoms with Gasteiger partial charge in [-0.15, -0.1) is 0 Å². The van der Waals surface area contributed by atoms with Gasteiger partial charge in [-0.3, -0.25) is 4.79 Å². The maximum atomic E-state index is 12.2. The molecule has 4 nitrogen and oxygen atoms in total. The number of fused-ring (bicyclic) bond motifs is 1. The van der Waals surface area contributed by atoms with Gasteiger partial charge in [0.25, 0.3) is 6.43 Å². The number of anilines is 1. The molecule has 0 aliphatic carbocycles. The van der Waals surface area contributed by atoms with E-state index >= 15 is 0 Å². The number of hydrogen-bond donors (Lipinski definition) is 2. The van der Waals surface area contributed by atoms with Crippen LogP contribution in [0.25, 0.3) is 0 Å². The van der Waals surface area contributed by atoms with Gasteiger partial charge in [0.1, 0.15) is 18.4 Å². The third-order valence-corrected chi connectivity index (χ3v) is 3.52. The fourth-order valence-electron chi connectivity index (χ4n) is 2.02. The summed E-state index contributed by atoms with van der Waals surface area (Å²) >= 11 is 3.28. The first-order chi connectivity index (χ1) is 9.52. The molecule has 1 aromatic rings. The minimum Gasteiger partial charge on any atom is -0.486 e. The molecule has 0 aromatic heterocycles. The molecule has 1 atom stereocenters. The number of carbonyl (C=O) groups is 1. The van der Waals surface area contributed by atoms with E-state index in [1.165, 1.54) is 0 Å². The molecule has 110 valence electrons. The molecule has 0 saturated carbocycles. The van der Waals surface area contributed by atoms with Crippen LogP contribution < -0.4 is 15.4 Å². The van der Waals surface area contributed by atoms with Crippen LogP contribution in [0.3, 0.4) is 0 Å². The van der Waals surface area contributed by atoms with E-state index in [-0.39, 0.29) is 5.91 Å². The fourth-order valence-corrected chi connectivity index (χ4v) is 2.49. The van der Waals surface area contributed by atoms with Crippen LogP contribution in [0.4, 0.5) is 14.5 Å². The molecule has 0 fully saturated rings. The number of hydrogen-bond acceptors (Lipinski definition) is 3. The van der Waals surface area contributed by atoms with Gasteiger partial charge >= 0.3 is 0 Å². The van der Waals surface area contributed by atoms with E-state index in [0.717, 1.165) is 18.5 Å². The number of amides is 1. The predicted molar refractivity (Wildman–Crippen MR) is 75.3 cm³/mol. The average Bonchev–Trinajstić information content (AvgIpc) is 2.68. The standard InChI is InChI=1S/C13H15BrF2N2O2/c1-2-3-17-12-7-4-8(14)10(20-6-11(15)16)5-9(7)18-13(12)19/h4-5,11-12,17H,2-3,6H2,1H3,(H,18,19). The number of rotatable bonds is 6. The Bertz CT molecular complexity index is 511. The highest BCUT2D eigenvalue weighted by molar-refractivity contribution is 9.10. The van der Waals surface area contributed by atoms with E-state index in [1.54, 1.807) is 12.1 Å². The highest BCUT2D eigenvalue weighted by Gasteiger charge is 2.31. The van der Waals surface area contributed by atoms with Crippen molar-refractivity contribution in [1.82, 2.24) is 5.32 Å². The normalized spacial score (nSPS) is 17.2. The number of alkyl halides is 2. The molecule has 1 heterocycles. The molecule has 0 radical (unpaired) electrons. The first-order valence-corrected chi connectivity index (χ1v) is 7.10. The smallest absolute Gasteiger partial charge is 0.272 e. The van der Waals surface area contributed by atoms with E-state index in [2.05, 4.69) is 26.6 Å². The second kappa shape index (κ2) is 6.49. The lowest BCUT2D eigenvalue weighted by molar-refractivity contribution is -0.117. The van der Waals surface area contributed by atoms with Crippen LogP contribution in [-0.2, 0) is 4.79 Å². The van der Waals surface area contributed by atoms with Crippen molar-refractivity contribution in [2.45, 2.75) is 25.8 Å². The third kappa shape index (κ3) is 3.27. The zero-order chi connectivity index (χ0) is 14.7.